The van der Waals surface area contributed by atoms with Crippen molar-refractivity contribution in [3.05, 3.63) is 22.8 Å². The standard InChI is InChI=1S/C14H18O4/c1-8(14(15)16)6-11-7-12-13(10(3)9(11)2)18-5-4-17-12/h7-8H,4-6H2,1-3H3,(H,15,16). The fraction of sp³-hybridized carbons (Fsp3) is 0.500. The lowest BCUT2D eigenvalue weighted by atomic mass is 9.94. The molecule has 1 aliphatic rings. The molecule has 0 bridgehead atoms. The molecule has 0 aromatic heterocycles. The molecule has 0 radical (unpaired) electrons. The van der Waals surface area contributed by atoms with Crippen LogP contribution in [-0.4, -0.2) is 24.3 Å². The van der Waals surface area contributed by atoms with Crippen molar-refractivity contribution in [1.29, 1.82) is 0 Å². The highest BCUT2D eigenvalue weighted by molar-refractivity contribution is 5.70. The van der Waals surface area contributed by atoms with Crippen molar-refractivity contribution in [2.24, 2.45) is 5.92 Å². The van der Waals surface area contributed by atoms with Crippen molar-refractivity contribution in [1.82, 2.24) is 0 Å². The summed E-state index contributed by atoms with van der Waals surface area (Å²) in [5.74, 6) is 0.356. The summed E-state index contributed by atoms with van der Waals surface area (Å²) in [5.41, 5.74) is 3.15. The van der Waals surface area contributed by atoms with E-state index in [0.29, 0.717) is 19.6 Å². The second-order valence-corrected chi connectivity index (χ2v) is 4.75. The Morgan fingerprint density at radius 1 is 1.33 bits per heavy atom. The normalized spacial score (nSPS) is 15.3. The molecule has 2 rings (SSSR count). The molecule has 0 amide bonds. The zero-order valence-corrected chi connectivity index (χ0v) is 10.9. The molecule has 18 heavy (non-hydrogen) atoms. The predicted molar refractivity (Wildman–Crippen MR) is 67.4 cm³/mol. The number of benzene rings is 1. The van der Waals surface area contributed by atoms with Crippen LogP contribution in [0.3, 0.4) is 0 Å². The maximum atomic E-state index is 10.9. The minimum Gasteiger partial charge on any atom is -0.486 e. The van der Waals surface area contributed by atoms with Crippen molar-refractivity contribution >= 4 is 5.97 Å². The van der Waals surface area contributed by atoms with E-state index in [9.17, 15) is 4.79 Å². The Hall–Kier alpha value is -1.71. The van der Waals surface area contributed by atoms with E-state index in [0.717, 1.165) is 28.2 Å². The Morgan fingerprint density at radius 3 is 2.67 bits per heavy atom. The molecule has 0 aliphatic carbocycles. The summed E-state index contributed by atoms with van der Waals surface area (Å²) >= 11 is 0. The van der Waals surface area contributed by atoms with E-state index in [1.165, 1.54) is 0 Å². The summed E-state index contributed by atoms with van der Waals surface area (Å²) in [4.78, 5) is 10.9. The number of carboxylic acid groups (broad SMARTS) is 1. The zero-order chi connectivity index (χ0) is 13.3. The molecule has 1 aromatic rings. The molecule has 1 unspecified atom stereocenters. The highest BCUT2D eigenvalue weighted by Gasteiger charge is 2.20. The molecular weight excluding hydrogens is 232 g/mol. The predicted octanol–water partition coefficient (Wildman–Crippen LogP) is 2.34. The lowest BCUT2D eigenvalue weighted by molar-refractivity contribution is -0.141. The third kappa shape index (κ3) is 2.28. The van der Waals surface area contributed by atoms with Gasteiger partial charge in [-0.05, 0) is 43.0 Å². The Bertz CT molecular complexity index is 479. The van der Waals surface area contributed by atoms with Crippen LogP contribution in [0.2, 0.25) is 0 Å². The van der Waals surface area contributed by atoms with Gasteiger partial charge in [-0.3, -0.25) is 4.79 Å². The van der Waals surface area contributed by atoms with Gasteiger partial charge in [-0.1, -0.05) is 6.92 Å². The fourth-order valence-corrected chi connectivity index (χ4v) is 2.14. The number of hydrogen-bond donors (Lipinski definition) is 1. The monoisotopic (exact) mass is 250 g/mol. The van der Waals surface area contributed by atoms with Gasteiger partial charge in [-0.2, -0.15) is 0 Å². The molecule has 0 saturated carbocycles. The SMILES string of the molecule is Cc1c(CC(C)C(=O)O)cc2c(c1C)OCCO2. The molecule has 1 atom stereocenters. The molecule has 1 aliphatic heterocycles. The van der Waals surface area contributed by atoms with Gasteiger partial charge in [0.2, 0.25) is 0 Å². The van der Waals surface area contributed by atoms with Gasteiger partial charge in [-0.25, -0.2) is 0 Å². The topological polar surface area (TPSA) is 55.8 Å². The molecule has 0 saturated heterocycles. The third-order valence-electron chi connectivity index (χ3n) is 3.45. The first-order valence-electron chi connectivity index (χ1n) is 6.12. The van der Waals surface area contributed by atoms with Crippen molar-refractivity contribution in [3.8, 4) is 11.5 Å². The number of rotatable bonds is 3. The van der Waals surface area contributed by atoms with E-state index in [1.54, 1.807) is 6.92 Å². The van der Waals surface area contributed by atoms with E-state index in [1.807, 2.05) is 19.9 Å². The Kier molecular flexibility index (Phi) is 3.45. The summed E-state index contributed by atoms with van der Waals surface area (Å²) in [7, 11) is 0. The van der Waals surface area contributed by atoms with Crippen molar-refractivity contribution in [2.45, 2.75) is 27.2 Å². The van der Waals surface area contributed by atoms with Gasteiger partial charge in [-0.15, -0.1) is 0 Å². The first-order valence-corrected chi connectivity index (χ1v) is 6.12. The van der Waals surface area contributed by atoms with Gasteiger partial charge in [0.25, 0.3) is 0 Å². The smallest absolute Gasteiger partial charge is 0.306 e. The molecule has 1 heterocycles. The van der Waals surface area contributed by atoms with E-state index in [4.69, 9.17) is 14.6 Å². The number of ether oxygens (including phenoxy) is 2. The molecule has 1 N–H and O–H groups in total. The average molecular weight is 250 g/mol. The van der Waals surface area contributed by atoms with Crippen molar-refractivity contribution in [3.63, 3.8) is 0 Å². The lowest BCUT2D eigenvalue weighted by Crippen LogP contribution is -2.18. The van der Waals surface area contributed by atoms with Gasteiger partial charge in [0.1, 0.15) is 13.2 Å². The van der Waals surface area contributed by atoms with Crippen LogP contribution in [0.25, 0.3) is 0 Å². The summed E-state index contributed by atoms with van der Waals surface area (Å²) in [5, 5.41) is 8.99. The molecule has 4 heteroatoms. The van der Waals surface area contributed by atoms with E-state index < -0.39 is 11.9 Å². The Labute approximate surface area is 107 Å². The quantitative estimate of drug-likeness (QED) is 0.894. The molecule has 0 fully saturated rings. The largest absolute Gasteiger partial charge is 0.486 e. The minimum absolute atomic E-state index is 0.398. The average Bonchev–Trinajstić information content (AvgIpc) is 2.35. The molecule has 0 spiro atoms. The number of carboxylic acids is 1. The summed E-state index contributed by atoms with van der Waals surface area (Å²) in [6, 6.07) is 1.91. The first kappa shape index (κ1) is 12.7. The lowest BCUT2D eigenvalue weighted by Gasteiger charge is -2.23. The van der Waals surface area contributed by atoms with Crippen molar-refractivity contribution < 1.29 is 19.4 Å². The van der Waals surface area contributed by atoms with E-state index >= 15 is 0 Å². The minimum atomic E-state index is -0.776. The van der Waals surface area contributed by atoms with Crippen LogP contribution in [0.5, 0.6) is 11.5 Å². The first-order chi connectivity index (χ1) is 8.50. The summed E-state index contributed by atoms with van der Waals surface area (Å²) in [6.45, 7) is 6.81. The van der Waals surface area contributed by atoms with Gasteiger partial charge in [0.15, 0.2) is 11.5 Å². The van der Waals surface area contributed by atoms with Crippen LogP contribution < -0.4 is 9.47 Å². The number of fused-ring (bicyclic) bond motifs is 1. The number of carbonyl (C=O) groups is 1. The molecule has 98 valence electrons. The number of hydrogen-bond acceptors (Lipinski definition) is 3. The second kappa shape index (κ2) is 4.88. The van der Waals surface area contributed by atoms with Gasteiger partial charge >= 0.3 is 5.97 Å². The number of aliphatic carboxylic acids is 1. The van der Waals surface area contributed by atoms with Gasteiger partial charge < -0.3 is 14.6 Å². The van der Waals surface area contributed by atoms with E-state index in [-0.39, 0.29) is 0 Å². The van der Waals surface area contributed by atoms with Crippen molar-refractivity contribution in [2.75, 3.05) is 13.2 Å². The zero-order valence-electron chi connectivity index (χ0n) is 10.9. The molecular formula is C14H18O4. The maximum Gasteiger partial charge on any atom is 0.306 e. The van der Waals surface area contributed by atoms with Gasteiger partial charge in [0, 0.05) is 0 Å². The van der Waals surface area contributed by atoms with Crippen LogP contribution >= 0.6 is 0 Å². The van der Waals surface area contributed by atoms with Crippen LogP contribution in [0.4, 0.5) is 0 Å². The fourth-order valence-electron chi connectivity index (χ4n) is 2.14. The Morgan fingerprint density at radius 2 is 2.00 bits per heavy atom. The van der Waals surface area contributed by atoms with E-state index in [2.05, 4.69) is 0 Å². The van der Waals surface area contributed by atoms with Crippen LogP contribution in [-0.2, 0) is 11.2 Å². The molecule has 4 nitrogen and oxygen atoms in total. The molecule has 1 aromatic carbocycles. The van der Waals surface area contributed by atoms with Crippen LogP contribution in [0.15, 0.2) is 6.07 Å². The summed E-state index contributed by atoms with van der Waals surface area (Å²) in [6.07, 6.45) is 0.513. The highest BCUT2D eigenvalue weighted by atomic mass is 16.6. The van der Waals surface area contributed by atoms with Crippen LogP contribution in [0, 0.1) is 19.8 Å². The van der Waals surface area contributed by atoms with Crippen LogP contribution in [0.1, 0.15) is 23.6 Å². The van der Waals surface area contributed by atoms with Gasteiger partial charge in [0.05, 0.1) is 5.92 Å². The summed E-state index contributed by atoms with van der Waals surface area (Å²) < 4.78 is 11.2. The Balaban J connectivity index is 2.37. The third-order valence-corrected chi connectivity index (χ3v) is 3.45. The highest BCUT2D eigenvalue weighted by Crippen LogP contribution is 2.37. The second-order valence-electron chi connectivity index (χ2n) is 4.75. The maximum absolute atomic E-state index is 10.9.